The second kappa shape index (κ2) is 4.13. The van der Waals surface area contributed by atoms with Gasteiger partial charge in [-0.3, -0.25) is 9.69 Å². The van der Waals surface area contributed by atoms with Gasteiger partial charge < -0.3 is 5.11 Å². The number of likely N-dealkylation sites (tertiary alicyclic amines) is 1. The maximum absolute atomic E-state index is 10.7. The number of hydrogen-bond acceptors (Lipinski definition) is 2. The molecule has 1 fully saturated rings. The standard InChI is InChI=1S/C11H17NO2/c13-11(14)9-5-7-12(8-6-9)10-3-1-2-4-10/h1,3,9-10H,2,4-8H2,(H,13,14)/t10-/m0/s1. The molecule has 0 aromatic heterocycles. The molecule has 1 aliphatic carbocycles. The van der Waals surface area contributed by atoms with E-state index in [1.165, 1.54) is 12.8 Å². The fourth-order valence-corrected chi connectivity index (χ4v) is 2.40. The van der Waals surface area contributed by atoms with Gasteiger partial charge in [-0.15, -0.1) is 0 Å². The van der Waals surface area contributed by atoms with Crippen LogP contribution in [-0.4, -0.2) is 35.1 Å². The predicted octanol–water partition coefficient (Wildman–Crippen LogP) is 1.50. The second-order valence-electron chi connectivity index (χ2n) is 4.22. The Hall–Kier alpha value is -0.830. The third kappa shape index (κ3) is 1.98. The van der Waals surface area contributed by atoms with Crippen molar-refractivity contribution >= 4 is 5.97 Å². The van der Waals surface area contributed by atoms with E-state index >= 15 is 0 Å². The number of aliphatic carboxylic acids is 1. The number of allylic oxidation sites excluding steroid dienone is 1. The van der Waals surface area contributed by atoms with E-state index in [9.17, 15) is 4.79 Å². The van der Waals surface area contributed by atoms with Crippen molar-refractivity contribution in [2.75, 3.05) is 13.1 Å². The topological polar surface area (TPSA) is 40.5 Å². The molecule has 0 spiro atoms. The molecule has 0 bridgehead atoms. The molecule has 3 nitrogen and oxygen atoms in total. The molecule has 0 unspecified atom stereocenters. The number of hydrogen-bond donors (Lipinski definition) is 1. The van der Waals surface area contributed by atoms with Crippen LogP contribution in [0.15, 0.2) is 12.2 Å². The normalized spacial score (nSPS) is 29.6. The fraction of sp³-hybridized carbons (Fsp3) is 0.727. The highest BCUT2D eigenvalue weighted by Gasteiger charge is 2.27. The molecule has 0 aromatic rings. The van der Waals surface area contributed by atoms with E-state index in [0.717, 1.165) is 25.9 Å². The smallest absolute Gasteiger partial charge is 0.306 e. The molecule has 2 rings (SSSR count). The second-order valence-corrected chi connectivity index (χ2v) is 4.22. The Bertz CT molecular complexity index is 242. The Kier molecular flexibility index (Phi) is 2.87. The number of carboxylic acid groups (broad SMARTS) is 1. The lowest BCUT2D eigenvalue weighted by atomic mass is 9.96. The highest BCUT2D eigenvalue weighted by Crippen LogP contribution is 2.23. The largest absolute Gasteiger partial charge is 0.481 e. The van der Waals surface area contributed by atoms with Gasteiger partial charge in [0, 0.05) is 6.04 Å². The van der Waals surface area contributed by atoms with E-state index in [1.807, 2.05) is 0 Å². The van der Waals surface area contributed by atoms with Crippen LogP contribution >= 0.6 is 0 Å². The van der Waals surface area contributed by atoms with Gasteiger partial charge >= 0.3 is 5.97 Å². The van der Waals surface area contributed by atoms with E-state index < -0.39 is 5.97 Å². The summed E-state index contributed by atoms with van der Waals surface area (Å²) in [5, 5.41) is 8.86. The number of carboxylic acids is 1. The predicted molar refractivity (Wildman–Crippen MR) is 54.1 cm³/mol. The lowest BCUT2D eigenvalue weighted by Gasteiger charge is -2.33. The van der Waals surface area contributed by atoms with Crippen molar-refractivity contribution in [3.05, 3.63) is 12.2 Å². The molecular weight excluding hydrogens is 178 g/mol. The van der Waals surface area contributed by atoms with Crippen LogP contribution in [0.3, 0.4) is 0 Å². The van der Waals surface area contributed by atoms with Crippen LogP contribution in [0.5, 0.6) is 0 Å². The first-order valence-electron chi connectivity index (χ1n) is 5.41. The van der Waals surface area contributed by atoms with Crippen molar-refractivity contribution in [2.45, 2.75) is 31.7 Å². The molecule has 78 valence electrons. The van der Waals surface area contributed by atoms with E-state index in [1.54, 1.807) is 0 Å². The van der Waals surface area contributed by atoms with Crippen LogP contribution in [0.25, 0.3) is 0 Å². The van der Waals surface area contributed by atoms with Crippen molar-refractivity contribution in [2.24, 2.45) is 5.92 Å². The van der Waals surface area contributed by atoms with Gasteiger partial charge in [-0.2, -0.15) is 0 Å². The quantitative estimate of drug-likeness (QED) is 0.679. The molecule has 0 amide bonds. The number of piperidine rings is 1. The number of carbonyl (C=O) groups is 1. The van der Waals surface area contributed by atoms with Crippen LogP contribution in [0.2, 0.25) is 0 Å². The van der Waals surface area contributed by atoms with Gasteiger partial charge in [0.1, 0.15) is 0 Å². The summed E-state index contributed by atoms with van der Waals surface area (Å²) in [7, 11) is 0. The Labute approximate surface area is 84.4 Å². The Morgan fingerprint density at radius 1 is 1.29 bits per heavy atom. The van der Waals surface area contributed by atoms with Gasteiger partial charge in [0.2, 0.25) is 0 Å². The zero-order chi connectivity index (χ0) is 9.97. The first-order valence-corrected chi connectivity index (χ1v) is 5.41. The minimum Gasteiger partial charge on any atom is -0.481 e. The molecule has 0 radical (unpaired) electrons. The molecule has 1 saturated heterocycles. The maximum Gasteiger partial charge on any atom is 0.306 e. The van der Waals surface area contributed by atoms with Gasteiger partial charge in [-0.1, -0.05) is 12.2 Å². The van der Waals surface area contributed by atoms with Gasteiger partial charge in [0.05, 0.1) is 5.92 Å². The SMILES string of the molecule is O=C(O)C1CCN([C@H]2C=CCC2)CC1. The van der Waals surface area contributed by atoms with Crippen molar-refractivity contribution in [3.63, 3.8) is 0 Å². The summed E-state index contributed by atoms with van der Waals surface area (Å²) in [6, 6.07) is 0.588. The molecule has 1 atom stereocenters. The monoisotopic (exact) mass is 195 g/mol. The van der Waals surface area contributed by atoms with Gasteiger partial charge in [0.15, 0.2) is 0 Å². The first kappa shape index (κ1) is 9.71. The Morgan fingerprint density at radius 2 is 2.00 bits per heavy atom. The third-order valence-corrected chi connectivity index (χ3v) is 3.34. The lowest BCUT2D eigenvalue weighted by Crippen LogP contribution is -2.41. The summed E-state index contributed by atoms with van der Waals surface area (Å²) in [5.74, 6) is -0.719. The molecule has 1 N–H and O–H groups in total. The van der Waals surface area contributed by atoms with E-state index in [-0.39, 0.29) is 5.92 Å². The minimum absolute atomic E-state index is 0.100. The average molecular weight is 195 g/mol. The van der Waals surface area contributed by atoms with E-state index in [2.05, 4.69) is 17.1 Å². The van der Waals surface area contributed by atoms with Crippen LogP contribution < -0.4 is 0 Å². The van der Waals surface area contributed by atoms with Crippen molar-refractivity contribution in [1.82, 2.24) is 4.90 Å². The summed E-state index contributed by atoms with van der Waals surface area (Å²) < 4.78 is 0. The summed E-state index contributed by atoms with van der Waals surface area (Å²) in [4.78, 5) is 13.2. The maximum atomic E-state index is 10.7. The van der Waals surface area contributed by atoms with Crippen LogP contribution in [0, 0.1) is 5.92 Å². The van der Waals surface area contributed by atoms with E-state index in [0.29, 0.717) is 6.04 Å². The Balaban J connectivity index is 1.83. The first-order chi connectivity index (χ1) is 6.77. The highest BCUT2D eigenvalue weighted by molar-refractivity contribution is 5.70. The number of rotatable bonds is 2. The van der Waals surface area contributed by atoms with Crippen LogP contribution in [-0.2, 0) is 4.79 Å². The molecule has 0 saturated carbocycles. The van der Waals surface area contributed by atoms with Gasteiger partial charge in [-0.25, -0.2) is 0 Å². The fourth-order valence-electron chi connectivity index (χ4n) is 2.40. The summed E-state index contributed by atoms with van der Waals surface area (Å²) >= 11 is 0. The zero-order valence-corrected chi connectivity index (χ0v) is 8.35. The molecule has 1 heterocycles. The molecule has 1 aliphatic heterocycles. The summed E-state index contributed by atoms with van der Waals surface area (Å²) in [6.07, 6.45) is 8.54. The van der Waals surface area contributed by atoms with Crippen LogP contribution in [0.4, 0.5) is 0 Å². The Morgan fingerprint density at radius 3 is 2.50 bits per heavy atom. The lowest BCUT2D eigenvalue weighted by molar-refractivity contribution is -0.143. The minimum atomic E-state index is -0.619. The van der Waals surface area contributed by atoms with Crippen LogP contribution in [0.1, 0.15) is 25.7 Å². The third-order valence-electron chi connectivity index (χ3n) is 3.34. The van der Waals surface area contributed by atoms with Gasteiger partial charge in [-0.05, 0) is 38.8 Å². The van der Waals surface area contributed by atoms with Crippen molar-refractivity contribution in [3.8, 4) is 0 Å². The molecule has 0 aromatic carbocycles. The average Bonchev–Trinajstić information content (AvgIpc) is 2.71. The van der Waals surface area contributed by atoms with Gasteiger partial charge in [0.25, 0.3) is 0 Å². The number of nitrogens with zero attached hydrogens (tertiary/aromatic N) is 1. The summed E-state index contributed by atoms with van der Waals surface area (Å²) in [6.45, 7) is 1.90. The molecule has 2 aliphatic rings. The molecular formula is C11H17NO2. The highest BCUT2D eigenvalue weighted by atomic mass is 16.4. The zero-order valence-electron chi connectivity index (χ0n) is 8.35. The van der Waals surface area contributed by atoms with Crippen molar-refractivity contribution in [1.29, 1.82) is 0 Å². The van der Waals surface area contributed by atoms with Crippen molar-refractivity contribution < 1.29 is 9.90 Å². The molecule has 14 heavy (non-hydrogen) atoms. The summed E-state index contributed by atoms with van der Waals surface area (Å²) in [5.41, 5.74) is 0. The molecule has 3 heteroatoms. The van der Waals surface area contributed by atoms with E-state index in [4.69, 9.17) is 5.11 Å².